The molecule has 7 heteroatoms. The third kappa shape index (κ3) is 3.17. The fourth-order valence-corrected chi connectivity index (χ4v) is 6.78. The number of β-amino-alcohol motifs (C(OH)–C–C–N with tert-alkyl or cyclic N) is 1. The van der Waals surface area contributed by atoms with Crippen molar-refractivity contribution < 1.29 is 14.7 Å². The van der Waals surface area contributed by atoms with E-state index in [1.165, 1.54) is 4.90 Å². The number of carbonyl (C=O) groups excluding carboxylic acids is 2. The standard InChI is InChI=1S/C25H26I2N2O3/c1-24(2)19-8-9-25(24,3)23(32)29(22(19)31)13-16(30)12-28-20-6-4-14(26)10-17(20)18-11-15(27)5-7-21(18)28/h4-7,10-11,16,19,30H,8-9,12-13H2,1-3H3/t16-,19-,25-/m1/s1. The van der Waals surface area contributed by atoms with E-state index in [2.05, 4.69) is 86.1 Å². The molecule has 2 aliphatic rings. The summed E-state index contributed by atoms with van der Waals surface area (Å²) in [5.41, 5.74) is 1.20. The molecule has 0 radical (unpaired) electrons. The van der Waals surface area contributed by atoms with Crippen LogP contribution in [-0.2, 0) is 16.1 Å². The highest BCUT2D eigenvalue weighted by atomic mass is 127. The Kier molecular flexibility index (Phi) is 5.41. The number of aromatic nitrogens is 1. The molecule has 1 aliphatic heterocycles. The van der Waals surface area contributed by atoms with Crippen molar-refractivity contribution in [3.05, 3.63) is 43.5 Å². The van der Waals surface area contributed by atoms with Gasteiger partial charge in [-0.05, 0) is 99.8 Å². The summed E-state index contributed by atoms with van der Waals surface area (Å²) in [5.74, 6) is -0.415. The summed E-state index contributed by atoms with van der Waals surface area (Å²) in [5, 5.41) is 13.4. The minimum absolute atomic E-state index is 0.0374. The number of aliphatic hydroxyl groups excluding tert-OH is 1. The molecule has 2 amide bonds. The van der Waals surface area contributed by atoms with Crippen LogP contribution >= 0.6 is 45.2 Å². The molecule has 2 fully saturated rings. The Labute approximate surface area is 214 Å². The van der Waals surface area contributed by atoms with Gasteiger partial charge in [0.2, 0.25) is 11.8 Å². The average Bonchev–Trinajstić information content (AvgIpc) is 3.12. The van der Waals surface area contributed by atoms with Gasteiger partial charge in [-0.25, -0.2) is 0 Å². The molecule has 2 bridgehead atoms. The quantitative estimate of drug-likeness (QED) is 0.312. The van der Waals surface area contributed by atoms with Crippen LogP contribution in [0.15, 0.2) is 36.4 Å². The number of rotatable bonds is 4. The van der Waals surface area contributed by atoms with Crippen molar-refractivity contribution in [2.75, 3.05) is 6.54 Å². The van der Waals surface area contributed by atoms with Gasteiger partial charge in [0.1, 0.15) is 0 Å². The van der Waals surface area contributed by atoms with E-state index < -0.39 is 11.5 Å². The summed E-state index contributed by atoms with van der Waals surface area (Å²) in [6, 6.07) is 12.6. The Bertz CT molecular complexity index is 1220. The van der Waals surface area contributed by atoms with Gasteiger partial charge in [-0.3, -0.25) is 14.5 Å². The Morgan fingerprint density at radius 3 is 2.12 bits per heavy atom. The number of aliphatic hydroxyl groups is 1. The number of benzene rings is 2. The van der Waals surface area contributed by atoms with Crippen LogP contribution in [0.1, 0.15) is 33.6 Å². The van der Waals surface area contributed by atoms with Gasteiger partial charge in [0, 0.05) is 34.9 Å². The van der Waals surface area contributed by atoms with E-state index in [0.717, 1.165) is 41.8 Å². The number of nitrogens with zero attached hydrogens (tertiary/aromatic N) is 2. The summed E-state index contributed by atoms with van der Waals surface area (Å²) in [6.45, 7) is 6.42. The fourth-order valence-electron chi connectivity index (χ4n) is 5.80. The molecule has 32 heavy (non-hydrogen) atoms. The number of fused-ring (bicyclic) bond motifs is 5. The Morgan fingerprint density at radius 1 is 1.00 bits per heavy atom. The molecule has 5 nitrogen and oxygen atoms in total. The molecule has 2 heterocycles. The number of carbonyl (C=O) groups is 2. The van der Waals surface area contributed by atoms with E-state index in [9.17, 15) is 14.7 Å². The zero-order chi connectivity index (χ0) is 23.0. The molecule has 5 rings (SSSR count). The monoisotopic (exact) mass is 656 g/mol. The van der Waals surface area contributed by atoms with Crippen LogP contribution in [0.2, 0.25) is 0 Å². The van der Waals surface area contributed by atoms with Gasteiger partial charge in [0.25, 0.3) is 0 Å². The van der Waals surface area contributed by atoms with Crippen molar-refractivity contribution >= 4 is 78.8 Å². The first-order chi connectivity index (χ1) is 15.0. The van der Waals surface area contributed by atoms with Crippen LogP contribution < -0.4 is 0 Å². The van der Waals surface area contributed by atoms with Crippen molar-refractivity contribution in [1.82, 2.24) is 9.47 Å². The number of piperidine rings is 1. The SMILES string of the molecule is CC1(C)[C@@H]2CC[C@]1(C)C(=O)N(C[C@H](O)Cn1c3ccc(I)cc3c3cc(I)ccc31)C2=O. The van der Waals surface area contributed by atoms with E-state index in [1.54, 1.807) is 0 Å². The van der Waals surface area contributed by atoms with Crippen LogP contribution in [0.25, 0.3) is 21.8 Å². The number of hydrogen-bond acceptors (Lipinski definition) is 3. The Morgan fingerprint density at radius 2 is 1.56 bits per heavy atom. The molecule has 0 spiro atoms. The topological polar surface area (TPSA) is 62.5 Å². The van der Waals surface area contributed by atoms with Crippen LogP contribution in [0.4, 0.5) is 0 Å². The van der Waals surface area contributed by atoms with Gasteiger partial charge in [-0.15, -0.1) is 0 Å². The molecule has 1 saturated heterocycles. The minimum atomic E-state index is -0.843. The van der Waals surface area contributed by atoms with Gasteiger partial charge in [0.15, 0.2) is 0 Å². The zero-order valence-corrected chi connectivity index (χ0v) is 22.7. The summed E-state index contributed by atoms with van der Waals surface area (Å²) < 4.78 is 4.43. The van der Waals surface area contributed by atoms with Gasteiger partial charge >= 0.3 is 0 Å². The van der Waals surface area contributed by atoms with E-state index in [4.69, 9.17) is 0 Å². The maximum Gasteiger partial charge on any atom is 0.235 e. The summed E-state index contributed by atoms with van der Waals surface area (Å²) >= 11 is 4.63. The number of halogens is 2. The third-order valence-corrected chi connectivity index (χ3v) is 9.43. The molecule has 3 aromatic rings. The van der Waals surface area contributed by atoms with E-state index in [-0.39, 0.29) is 29.7 Å². The van der Waals surface area contributed by atoms with Crippen molar-refractivity contribution in [2.24, 2.45) is 16.7 Å². The first-order valence-corrected chi connectivity index (χ1v) is 13.1. The lowest BCUT2D eigenvalue weighted by atomic mass is 9.62. The summed E-state index contributed by atoms with van der Waals surface area (Å²) in [6.07, 6.45) is 0.626. The number of imide groups is 1. The second kappa shape index (κ2) is 7.66. The molecule has 0 unspecified atom stereocenters. The predicted octanol–water partition coefficient (Wildman–Crippen LogP) is 5.18. The maximum atomic E-state index is 13.4. The molecule has 3 atom stereocenters. The van der Waals surface area contributed by atoms with Gasteiger partial charge in [0.05, 0.1) is 24.6 Å². The summed E-state index contributed by atoms with van der Waals surface area (Å²) in [7, 11) is 0. The molecule has 1 saturated carbocycles. The van der Waals surface area contributed by atoms with E-state index in [1.807, 2.05) is 20.8 Å². The van der Waals surface area contributed by atoms with Gasteiger partial charge in [-0.1, -0.05) is 20.8 Å². The number of amides is 2. The number of likely N-dealkylation sites (tertiary alicyclic amines) is 1. The van der Waals surface area contributed by atoms with Crippen molar-refractivity contribution in [3.8, 4) is 0 Å². The minimum Gasteiger partial charge on any atom is -0.389 e. The molecular formula is C25H26I2N2O3. The van der Waals surface area contributed by atoms with Crippen LogP contribution in [-0.4, -0.2) is 39.0 Å². The lowest BCUT2D eigenvalue weighted by Gasteiger charge is -2.48. The van der Waals surface area contributed by atoms with E-state index in [0.29, 0.717) is 6.54 Å². The first-order valence-electron chi connectivity index (χ1n) is 11.0. The zero-order valence-electron chi connectivity index (χ0n) is 18.4. The maximum absolute atomic E-state index is 13.4. The molecule has 1 N–H and O–H groups in total. The molecule has 1 aliphatic carbocycles. The average molecular weight is 656 g/mol. The lowest BCUT2D eigenvalue weighted by Crippen LogP contribution is -2.60. The number of hydrogen-bond donors (Lipinski definition) is 1. The van der Waals surface area contributed by atoms with Gasteiger partial charge < -0.3 is 9.67 Å². The van der Waals surface area contributed by atoms with E-state index >= 15 is 0 Å². The van der Waals surface area contributed by atoms with Crippen LogP contribution in [0.5, 0.6) is 0 Å². The molecule has 168 valence electrons. The van der Waals surface area contributed by atoms with Crippen LogP contribution in [0.3, 0.4) is 0 Å². The Balaban J connectivity index is 1.48. The molecular weight excluding hydrogens is 630 g/mol. The van der Waals surface area contributed by atoms with Crippen LogP contribution in [0, 0.1) is 23.9 Å². The Hall–Kier alpha value is -1.20. The third-order valence-electron chi connectivity index (χ3n) is 8.08. The molecule has 1 aromatic heterocycles. The smallest absolute Gasteiger partial charge is 0.235 e. The second-order valence-corrected chi connectivity index (χ2v) is 12.5. The van der Waals surface area contributed by atoms with Crippen molar-refractivity contribution in [2.45, 2.75) is 46.3 Å². The highest BCUT2D eigenvalue weighted by molar-refractivity contribution is 14.1. The predicted molar refractivity (Wildman–Crippen MR) is 142 cm³/mol. The van der Waals surface area contributed by atoms with Crippen molar-refractivity contribution in [1.29, 1.82) is 0 Å². The lowest BCUT2D eigenvalue weighted by molar-refractivity contribution is -0.169. The normalized spacial score (nSPS) is 25.8. The molecule has 2 aromatic carbocycles. The van der Waals surface area contributed by atoms with Crippen molar-refractivity contribution in [3.63, 3.8) is 0 Å². The largest absolute Gasteiger partial charge is 0.389 e. The highest BCUT2D eigenvalue weighted by Gasteiger charge is 2.64. The fraction of sp³-hybridized carbons (Fsp3) is 0.440. The first kappa shape index (κ1) is 22.6. The summed E-state index contributed by atoms with van der Waals surface area (Å²) in [4.78, 5) is 27.9. The second-order valence-electron chi connectivity index (χ2n) is 9.99. The highest BCUT2D eigenvalue weighted by Crippen LogP contribution is 2.60. The van der Waals surface area contributed by atoms with Gasteiger partial charge in [-0.2, -0.15) is 0 Å².